The summed E-state index contributed by atoms with van der Waals surface area (Å²) in [6.45, 7) is 1.59. The Morgan fingerprint density at radius 3 is 2.46 bits per heavy atom. The van der Waals surface area contributed by atoms with Gasteiger partial charge in [-0.2, -0.15) is 0 Å². The number of para-hydroxylation sites is 3. The first-order valence-electron chi connectivity index (χ1n) is 11.0. The van der Waals surface area contributed by atoms with Crippen molar-refractivity contribution in [3.8, 4) is 17.2 Å². The summed E-state index contributed by atoms with van der Waals surface area (Å²) >= 11 is 1.03. The molecule has 0 spiro atoms. The minimum absolute atomic E-state index is 0.0228. The maximum absolute atomic E-state index is 14.8. The number of aromatic nitrogens is 3. The molecule has 1 atom stereocenters. The third-order valence-corrected chi connectivity index (χ3v) is 6.27. The van der Waals surface area contributed by atoms with Crippen LogP contribution in [0, 0.1) is 15.9 Å². The number of carbonyl (C=O) groups excluding carboxylic acids is 1. The van der Waals surface area contributed by atoms with Gasteiger partial charge in [0.1, 0.15) is 29.6 Å². The van der Waals surface area contributed by atoms with E-state index in [1.807, 2.05) is 0 Å². The molecule has 0 bridgehead atoms. The lowest BCUT2D eigenvalue weighted by Crippen LogP contribution is -2.23. The van der Waals surface area contributed by atoms with Crippen LogP contribution in [0.15, 0.2) is 78.0 Å². The van der Waals surface area contributed by atoms with Crippen LogP contribution in [0.4, 0.5) is 15.8 Å². The second-order valence-corrected chi connectivity index (χ2v) is 8.98. The molecule has 0 fully saturated rings. The molecule has 12 heteroatoms. The summed E-state index contributed by atoms with van der Waals surface area (Å²) in [5, 5.41) is 21.7. The summed E-state index contributed by atoms with van der Waals surface area (Å²) in [5.74, 6) is 0.545. The Kier molecular flexibility index (Phi) is 7.98. The van der Waals surface area contributed by atoms with Crippen LogP contribution >= 0.6 is 11.8 Å². The van der Waals surface area contributed by atoms with E-state index >= 15 is 0 Å². The molecule has 4 aromatic rings. The maximum Gasteiger partial charge on any atom is 0.292 e. The number of nitrogens with one attached hydrogen (secondary N) is 1. The molecule has 0 aliphatic heterocycles. The number of carbonyl (C=O) groups is 1. The van der Waals surface area contributed by atoms with Gasteiger partial charge in [0.15, 0.2) is 11.0 Å². The first-order valence-corrected chi connectivity index (χ1v) is 11.9. The standard InChI is InChI=1S/C25H22FN5O5S/c1-16(24(32)27-20-8-4-6-10-22(20)31(33)34)37-25-29-28-23(30(25)21-9-5-3-7-19(21)26)15-36-18-13-11-17(35-2)12-14-18/h3-14,16H,15H2,1-2H3,(H,27,32)/t16-/m0/s1. The van der Waals surface area contributed by atoms with Crippen molar-refractivity contribution in [3.05, 3.63) is 94.6 Å². The highest BCUT2D eigenvalue weighted by atomic mass is 32.2. The fourth-order valence-corrected chi connectivity index (χ4v) is 4.23. The van der Waals surface area contributed by atoms with Gasteiger partial charge >= 0.3 is 0 Å². The highest BCUT2D eigenvalue weighted by Crippen LogP contribution is 2.30. The summed E-state index contributed by atoms with van der Waals surface area (Å²) in [6.07, 6.45) is 0. The Morgan fingerprint density at radius 2 is 1.76 bits per heavy atom. The Morgan fingerprint density at radius 1 is 1.08 bits per heavy atom. The highest BCUT2D eigenvalue weighted by molar-refractivity contribution is 8.00. The number of halogens is 1. The number of hydrogen-bond donors (Lipinski definition) is 1. The van der Waals surface area contributed by atoms with Gasteiger partial charge < -0.3 is 14.8 Å². The van der Waals surface area contributed by atoms with Crippen LogP contribution in [0.1, 0.15) is 12.7 Å². The Bertz CT molecular complexity index is 1410. The Labute approximate surface area is 215 Å². The van der Waals surface area contributed by atoms with E-state index in [2.05, 4.69) is 15.5 Å². The molecular weight excluding hydrogens is 501 g/mol. The van der Waals surface area contributed by atoms with Gasteiger partial charge in [0, 0.05) is 6.07 Å². The number of benzene rings is 3. The normalized spacial score (nSPS) is 11.5. The number of nitrogens with zero attached hydrogens (tertiary/aromatic N) is 4. The maximum atomic E-state index is 14.8. The van der Waals surface area contributed by atoms with Gasteiger partial charge in [0.2, 0.25) is 5.91 Å². The van der Waals surface area contributed by atoms with Crippen molar-refractivity contribution in [3.63, 3.8) is 0 Å². The molecule has 0 saturated carbocycles. The lowest BCUT2D eigenvalue weighted by Gasteiger charge is -2.15. The molecule has 1 aromatic heterocycles. The average Bonchev–Trinajstić information content (AvgIpc) is 3.30. The van der Waals surface area contributed by atoms with E-state index in [1.54, 1.807) is 62.6 Å². The molecule has 0 radical (unpaired) electrons. The molecule has 1 amide bonds. The predicted molar refractivity (Wildman–Crippen MR) is 136 cm³/mol. The summed E-state index contributed by atoms with van der Waals surface area (Å²) in [7, 11) is 1.56. The summed E-state index contributed by atoms with van der Waals surface area (Å²) < 4.78 is 27.2. The van der Waals surface area contributed by atoms with Gasteiger partial charge in [-0.15, -0.1) is 10.2 Å². The van der Waals surface area contributed by atoms with E-state index in [-0.39, 0.29) is 28.8 Å². The number of hydrogen-bond acceptors (Lipinski definition) is 8. The van der Waals surface area contributed by atoms with Crippen LogP contribution in [-0.4, -0.2) is 38.0 Å². The number of ether oxygens (including phenoxy) is 2. The van der Waals surface area contributed by atoms with Crippen LogP contribution in [-0.2, 0) is 11.4 Å². The topological polar surface area (TPSA) is 121 Å². The van der Waals surface area contributed by atoms with Crippen molar-refractivity contribution in [1.82, 2.24) is 14.8 Å². The molecular formula is C25H22FN5O5S. The fraction of sp³-hybridized carbons (Fsp3) is 0.160. The fourth-order valence-electron chi connectivity index (χ4n) is 3.35. The summed E-state index contributed by atoms with van der Waals surface area (Å²) in [4.78, 5) is 23.6. The van der Waals surface area contributed by atoms with E-state index in [1.165, 1.54) is 28.8 Å². The minimum atomic E-state index is -0.745. The van der Waals surface area contributed by atoms with Crippen LogP contribution in [0.2, 0.25) is 0 Å². The van der Waals surface area contributed by atoms with E-state index < -0.39 is 21.9 Å². The Hall–Kier alpha value is -4.45. The van der Waals surface area contributed by atoms with Crippen molar-refractivity contribution >= 4 is 29.0 Å². The van der Waals surface area contributed by atoms with Crippen molar-refractivity contribution in [2.45, 2.75) is 23.9 Å². The zero-order valence-corrected chi connectivity index (χ0v) is 20.6. The largest absolute Gasteiger partial charge is 0.497 e. The number of anilines is 1. The molecule has 190 valence electrons. The summed E-state index contributed by atoms with van der Waals surface area (Å²) in [6, 6.07) is 18.9. The predicted octanol–water partition coefficient (Wildman–Crippen LogP) is 5.02. The minimum Gasteiger partial charge on any atom is -0.497 e. The average molecular weight is 524 g/mol. The van der Waals surface area contributed by atoms with E-state index in [9.17, 15) is 19.3 Å². The number of nitro groups is 1. The van der Waals surface area contributed by atoms with Gasteiger partial charge in [-0.3, -0.25) is 19.5 Å². The van der Waals surface area contributed by atoms with Crippen LogP contribution < -0.4 is 14.8 Å². The molecule has 37 heavy (non-hydrogen) atoms. The first kappa shape index (κ1) is 25.6. The number of rotatable bonds is 10. The van der Waals surface area contributed by atoms with Crippen molar-refractivity contribution in [2.24, 2.45) is 0 Å². The van der Waals surface area contributed by atoms with Crippen LogP contribution in [0.3, 0.4) is 0 Å². The van der Waals surface area contributed by atoms with Gasteiger partial charge in [0.25, 0.3) is 5.69 Å². The summed E-state index contributed by atoms with van der Waals surface area (Å²) in [5.41, 5.74) is 0.0456. The van der Waals surface area contributed by atoms with E-state index in [0.29, 0.717) is 17.3 Å². The molecule has 4 rings (SSSR count). The number of amides is 1. The number of nitro benzene ring substituents is 1. The molecule has 0 aliphatic carbocycles. The molecule has 1 heterocycles. The molecule has 1 N–H and O–H groups in total. The number of methoxy groups -OCH3 is 1. The highest BCUT2D eigenvalue weighted by Gasteiger charge is 2.24. The quantitative estimate of drug-likeness (QED) is 0.175. The van der Waals surface area contributed by atoms with Gasteiger partial charge in [-0.05, 0) is 49.4 Å². The Balaban J connectivity index is 1.57. The first-order chi connectivity index (χ1) is 17.9. The molecule has 0 unspecified atom stereocenters. The second-order valence-electron chi connectivity index (χ2n) is 7.67. The lowest BCUT2D eigenvalue weighted by atomic mass is 10.2. The zero-order valence-electron chi connectivity index (χ0n) is 19.8. The van der Waals surface area contributed by atoms with Gasteiger partial charge in [-0.25, -0.2) is 4.39 Å². The second kappa shape index (κ2) is 11.5. The molecule has 3 aromatic carbocycles. The smallest absolute Gasteiger partial charge is 0.292 e. The third kappa shape index (κ3) is 6.04. The number of thioether (sulfide) groups is 1. The molecule has 10 nitrogen and oxygen atoms in total. The van der Waals surface area contributed by atoms with Crippen molar-refractivity contribution in [2.75, 3.05) is 12.4 Å². The van der Waals surface area contributed by atoms with Crippen molar-refractivity contribution < 1.29 is 23.6 Å². The van der Waals surface area contributed by atoms with Crippen molar-refractivity contribution in [1.29, 1.82) is 0 Å². The lowest BCUT2D eigenvalue weighted by molar-refractivity contribution is -0.383. The van der Waals surface area contributed by atoms with Gasteiger partial charge in [-0.1, -0.05) is 36.0 Å². The molecule has 0 aliphatic rings. The SMILES string of the molecule is COc1ccc(OCc2nnc(S[C@@H](C)C(=O)Nc3ccccc3[N+](=O)[O-])n2-c2ccccc2F)cc1. The van der Waals surface area contributed by atoms with E-state index in [4.69, 9.17) is 9.47 Å². The van der Waals surface area contributed by atoms with Crippen LogP contribution in [0.25, 0.3) is 5.69 Å². The van der Waals surface area contributed by atoms with Crippen LogP contribution in [0.5, 0.6) is 11.5 Å². The zero-order chi connectivity index (χ0) is 26.4. The molecule has 0 saturated heterocycles. The van der Waals surface area contributed by atoms with Gasteiger partial charge in [0.05, 0.1) is 23.0 Å². The van der Waals surface area contributed by atoms with E-state index in [0.717, 1.165) is 11.8 Å². The third-order valence-electron chi connectivity index (χ3n) is 5.23. The monoisotopic (exact) mass is 523 g/mol.